The van der Waals surface area contributed by atoms with Crippen molar-refractivity contribution in [3.63, 3.8) is 0 Å². The third-order valence-corrected chi connectivity index (χ3v) is 2.92. The summed E-state index contributed by atoms with van der Waals surface area (Å²) in [5.74, 6) is -0.0632. The van der Waals surface area contributed by atoms with E-state index in [2.05, 4.69) is 5.32 Å². The molecular formula is C12H16FN. The average molecular weight is 193 g/mol. The van der Waals surface area contributed by atoms with Gasteiger partial charge in [-0.05, 0) is 49.9 Å². The highest BCUT2D eigenvalue weighted by Crippen LogP contribution is 2.26. The second-order valence-corrected chi connectivity index (χ2v) is 4.12. The molecular weight excluding hydrogens is 177 g/mol. The van der Waals surface area contributed by atoms with E-state index in [-0.39, 0.29) is 5.82 Å². The molecule has 0 radical (unpaired) electrons. The highest BCUT2D eigenvalue weighted by atomic mass is 19.1. The van der Waals surface area contributed by atoms with Crippen LogP contribution in [-0.4, -0.2) is 6.54 Å². The Kier molecular flexibility index (Phi) is 2.55. The maximum absolute atomic E-state index is 13.4. The van der Waals surface area contributed by atoms with Gasteiger partial charge >= 0.3 is 0 Å². The molecule has 2 rings (SSSR count). The van der Waals surface area contributed by atoms with Crippen LogP contribution in [-0.2, 0) is 0 Å². The van der Waals surface area contributed by atoms with Gasteiger partial charge in [0.15, 0.2) is 0 Å². The minimum atomic E-state index is -0.0632. The lowest BCUT2D eigenvalue weighted by atomic mass is 10.00. The van der Waals surface area contributed by atoms with Crippen LogP contribution in [0.4, 0.5) is 4.39 Å². The molecule has 14 heavy (non-hydrogen) atoms. The van der Waals surface area contributed by atoms with E-state index in [0.29, 0.717) is 6.04 Å². The van der Waals surface area contributed by atoms with Crippen molar-refractivity contribution in [2.24, 2.45) is 0 Å². The standard InChI is InChI=1S/C12H16FN/c1-8-6-10(7-9(2)12(8)13)11-4-3-5-14-11/h6-7,11,14H,3-5H2,1-2H3. The van der Waals surface area contributed by atoms with Gasteiger partial charge in [0.2, 0.25) is 0 Å². The van der Waals surface area contributed by atoms with Gasteiger partial charge in [-0.3, -0.25) is 0 Å². The second kappa shape index (κ2) is 3.70. The normalized spacial score (nSPS) is 21.5. The van der Waals surface area contributed by atoms with Gasteiger partial charge in [-0.2, -0.15) is 0 Å². The number of aryl methyl sites for hydroxylation is 2. The fraction of sp³-hybridized carbons (Fsp3) is 0.500. The highest BCUT2D eigenvalue weighted by Gasteiger charge is 2.17. The van der Waals surface area contributed by atoms with Gasteiger partial charge in [-0.15, -0.1) is 0 Å². The van der Waals surface area contributed by atoms with Gasteiger partial charge < -0.3 is 5.32 Å². The van der Waals surface area contributed by atoms with Crippen molar-refractivity contribution in [3.8, 4) is 0 Å². The summed E-state index contributed by atoms with van der Waals surface area (Å²) >= 11 is 0. The molecule has 1 heterocycles. The van der Waals surface area contributed by atoms with Crippen LogP contribution in [0, 0.1) is 19.7 Å². The number of benzene rings is 1. The van der Waals surface area contributed by atoms with Gasteiger partial charge in [0.25, 0.3) is 0 Å². The molecule has 1 nitrogen and oxygen atoms in total. The Balaban J connectivity index is 2.34. The largest absolute Gasteiger partial charge is 0.310 e. The summed E-state index contributed by atoms with van der Waals surface area (Å²) in [5.41, 5.74) is 2.75. The molecule has 1 saturated heterocycles. The number of rotatable bonds is 1. The first-order valence-corrected chi connectivity index (χ1v) is 5.18. The van der Waals surface area contributed by atoms with E-state index < -0.39 is 0 Å². The molecule has 1 atom stereocenters. The Hall–Kier alpha value is -0.890. The predicted octanol–water partition coefficient (Wildman–Crippen LogP) is 2.87. The first-order chi connectivity index (χ1) is 6.68. The lowest BCUT2D eigenvalue weighted by Gasteiger charge is -2.13. The van der Waals surface area contributed by atoms with Crippen molar-refractivity contribution in [2.45, 2.75) is 32.7 Å². The second-order valence-electron chi connectivity index (χ2n) is 4.12. The lowest BCUT2D eigenvalue weighted by Crippen LogP contribution is -2.13. The minimum Gasteiger partial charge on any atom is -0.310 e. The van der Waals surface area contributed by atoms with Crippen LogP contribution in [0.1, 0.15) is 35.6 Å². The monoisotopic (exact) mass is 193 g/mol. The summed E-state index contributed by atoms with van der Waals surface area (Å²) in [6, 6.07) is 4.37. The van der Waals surface area contributed by atoms with Crippen molar-refractivity contribution in [3.05, 3.63) is 34.6 Å². The van der Waals surface area contributed by atoms with Crippen molar-refractivity contribution >= 4 is 0 Å². The fourth-order valence-electron chi connectivity index (χ4n) is 2.15. The van der Waals surface area contributed by atoms with E-state index in [1.54, 1.807) is 0 Å². The number of hydrogen-bond donors (Lipinski definition) is 1. The van der Waals surface area contributed by atoms with E-state index in [1.807, 2.05) is 26.0 Å². The number of nitrogens with one attached hydrogen (secondary N) is 1. The first kappa shape index (κ1) is 9.66. The molecule has 2 heteroatoms. The number of hydrogen-bond acceptors (Lipinski definition) is 1. The van der Waals surface area contributed by atoms with Crippen molar-refractivity contribution in [1.29, 1.82) is 0 Å². The molecule has 1 unspecified atom stereocenters. The zero-order valence-electron chi connectivity index (χ0n) is 8.73. The molecule has 0 saturated carbocycles. The highest BCUT2D eigenvalue weighted by molar-refractivity contribution is 5.32. The average Bonchev–Trinajstić information content (AvgIpc) is 2.66. The minimum absolute atomic E-state index is 0.0632. The quantitative estimate of drug-likeness (QED) is 0.723. The predicted molar refractivity (Wildman–Crippen MR) is 55.9 cm³/mol. The summed E-state index contributed by atoms with van der Waals surface area (Å²) in [7, 11) is 0. The van der Waals surface area contributed by atoms with E-state index in [0.717, 1.165) is 17.7 Å². The SMILES string of the molecule is Cc1cc(C2CCCN2)cc(C)c1F. The van der Waals surface area contributed by atoms with E-state index in [1.165, 1.54) is 18.4 Å². The van der Waals surface area contributed by atoms with Crippen LogP contribution >= 0.6 is 0 Å². The first-order valence-electron chi connectivity index (χ1n) is 5.18. The Bertz CT molecular complexity index is 317. The van der Waals surface area contributed by atoms with E-state index in [4.69, 9.17) is 0 Å². The van der Waals surface area contributed by atoms with Crippen LogP contribution in [0.3, 0.4) is 0 Å². The van der Waals surface area contributed by atoms with Crippen LogP contribution < -0.4 is 5.32 Å². The van der Waals surface area contributed by atoms with Gasteiger partial charge in [0, 0.05) is 6.04 Å². The maximum atomic E-state index is 13.4. The maximum Gasteiger partial charge on any atom is 0.129 e. The molecule has 1 aliphatic heterocycles. The summed E-state index contributed by atoms with van der Waals surface area (Å²) in [5, 5.41) is 3.42. The zero-order chi connectivity index (χ0) is 10.1. The molecule has 1 aliphatic rings. The summed E-state index contributed by atoms with van der Waals surface area (Å²) in [6.07, 6.45) is 2.39. The summed E-state index contributed by atoms with van der Waals surface area (Å²) in [6.45, 7) is 4.75. The topological polar surface area (TPSA) is 12.0 Å². The van der Waals surface area contributed by atoms with Gasteiger partial charge in [0.05, 0.1) is 0 Å². The molecule has 0 amide bonds. The van der Waals surface area contributed by atoms with Crippen molar-refractivity contribution in [1.82, 2.24) is 5.32 Å². The van der Waals surface area contributed by atoms with Crippen LogP contribution in [0.5, 0.6) is 0 Å². The molecule has 76 valence electrons. The molecule has 1 N–H and O–H groups in total. The number of halogens is 1. The Morgan fingerprint density at radius 2 is 1.93 bits per heavy atom. The lowest BCUT2D eigenvalue weighted by molar-refractivity contribution is 0.600. The third-order valence-electron chi connectivity index (χ3n) is 2.92. The van der Waals surface area contributed by atoms with Gasteiger partial charge in [-0.25, -0.2) is 4.39 Å². The van der Waals surface area contributed by atoms with Crippen LogP contribution in [0.15, 0.2) is 12.1 Å². The molecule has 1 aromatic carbocycles. The van der Waals surface area contributed by atoms with Crippen LogP contribution in [0.25, 0.3) is 0 Å². The van der Waals surface area contributed by atoms with Crippen molar-refractivity contribution in [2.75, 3.05) is 6.54 Å². The van der Waals surface area contributed by atoms with Gasteiger partial charge in [0.1, 0.15) is 5.82 Å². The molecule has 1 aromatic rings. The molecule has 0 aromatic heterocycles. The van der Waals surface area contributed by atoms with Crippen LogP contribution in [0.2, 0.25) is 0 Å². The van der Waals surface area contributed by atoms with E-state index >= 15 is 0 Å². The smallest absolute Gasteiger partial charge is 0.129 e. The molecule has 0 bridgehead atoms. The Labute approximate surface area is 84.3 Å². The fourth-order valence-corrected chi connectivity index (χ4v) is 2.15. The molecule has 0 aliphatic carbocycles. The Morgan fingerprint density at radius 1 is 1.29 bits per heavy atom. The Morgan fingerprint density at radius 3 is 2.43 bits per heavy atom. The summed E-state index contributed by atoms with van der Waals surface area (Å²) < 4.78 is 13.4. The third kappa shape index (κ3) is 1.67. The summed E-state index contributed by atoms with van der Waals surface area (Å²) in [4.78, 5) is 0. The zero-order valence-corrected chi connectivity index (χ0v) is 8.73. The molecule has 0 spiro atoms. The molecule has 1 fully saturated rings. The van der Waals surface area contributed by atoms with Gasteiger partial charge in [-0.1, -0.05) is 12.1 Å². The van der Waals surface area contributed by atoms with E-state index in [9.17, 15) is 4.39 Å². The van der Waals surface area contributed by atoms with Crippen molar-refractivity contribution < 1.29 is 4.39 Å².